The highest BCUT2D eigenvalue weighted by molar-refractivity contribution is 9.11. The Morgan fingerprint density at radius 1 is 1.26 bits per heavy atom. The van der Waals surface area contributed by atoms with E-state index in [9.17, 15) is 14.5 Å². The Morgan fingerprint density at radius 3 is 2.42 bits per heavy atom. The summed E-state index contributed by atoms with van der Waals surface area (Å²) >= 11 is 6.32. The Bertz CT molecular complexity index is 629. The van der Waals surface area contributed by atoms with Crippen molar-refractivity contribution in [2.24, 2.45) is 0 Å². The molecule has 0 saturated heterocycles. The van der Waals surface area contributed by atoms with Crippen molar-refractivity contribution in [3.05, 3.63) is 55.3 Å². The van der Waals surface area contributed by atoms with E-state index in [1.54, 1.807) is 0 Å². The molecule has 98 valence electrons. The molecule has 2 aromatic rings. The van der Waals surface area contributed by atoms with E-state index in [4.69, 9.17) is 4.74 Å². The zero-order chi connectivity index (χ0) is 14.0. The maximum Gasteiger partial charge on any atom is 0.271 e. The molecule has 0 aliphatic rings. The minimum Gasteiger partial charge on any atom is -0.437 e. The minimum absolute atomic E-state index is 0.0512. The molecule has 0 fully saturated rings. The fourth-order valence-electron chi connectivity index (χ4n) is 1.30. The molecule has 8 heteroatoms. The maximum atomic E-state index is 12.9. The number of hydrogen-bond donors (Lipinski definition) is 0. The normalized spacial score (nSPS) is 10.3. The number of aromatic nitrogens is 1. The lowest BCUT2D eigenvalue weighted by atomic mass is 10.3. The highest BCUT2D eigenvalue weighted by Crippen LogP contribution is 2.39. The summed E-state index contributed by atoms with van der Waals surface area (Å²) in [6, 6.07) is 6.69. The van der Waals surface area contributed by atoms with Crippen LogP contribution in [0.1, 0.15) is 0 Å². The summed E-state index contributed by atoms with van der Waals surface area (Å²) in [7, 11) is 0. The summed E-state index contributed by atoms with van der Waals surface area (Å²) in [5, 5.41) is 10.7. The Labute approximate surface area is 123 Å². The quantitative estimate of drug-likeness (QED) is 0.440. The number of halogens is 3. The lowest BCUT2D eigenvalue weighted by Gasteiger charge is -2.08. The van der Waals surface area contributed by atoms with Crippen LogP contribution in [0.25, 0.3) is 0 Å². The van der Waals surface area contributed by atoms with E-state index in [1.807, 2.05) is 0 Å². The first-order valence-corrected chi connectivity index (χ1v) is 6.50. The summed E-state index contributed by atoms with van der Waals surface area (Å²) in [6.45, 7) is 0. The molecule has 0 bridgehead atoms. The molecule has 0 aliphatic carbocycles. The van der Waals surface area contributed by atoms with Crippen molar-refractivity contribution in [2.75, 3.05) is 0 Å². The van der Waals surface area contributed by atoms with E-state index in [0.717, 1.165) is 0 Å². The molecule has 5 nitrogen and oxygen atoms in total. The molecule has 0 aliphatic heterocycles. The summed E-state index contributed by atoms with van der Waals surface area (Å²) < 4.78 is 19.0. The van der Waals surface area contributed by atoms with Crippen molar-refractivity contribution in [3.63, 3.8) is 0 Å². The monoisotopic (exact) mass is 390 g/mol. The second-order valence-electron chi connectivity index (χ2n) is 3.40. The van der Waals surface area contributed by atoms with Crippen molar-refractivity contribution in [3.8, 4) is 11.6 Å². The minimum atomic E-state index is -0.674. The third-order valence-electron chi connectivity index (χ3n) is 2.09. The van der Waals surface area contributed by atoms with Crippen LogP contribution in [0.15, 0.2) is 39.3 Å². The SMILES string of the molecule is O=[N+]([O-])c1cc(Br)c(Oc2cccc(F)n2)c(Br)c1. The lowest BCUT2D eigenvalue weighted by Crippen LogP contribution is -1.94. The van der Waals surface area contributed by atoms with Crippen LogP contribution in [-0.4, -0.2) is 9.91 Å². The molecular formula is C11H5Br2FN2O3. The first kappa shape index (κ1) is 13.9. The number of ether oxygens (including phenoxy) is 1. The van der Waals surface area contributed by atoms with Crippen LogP contribution in [0, 0.1) is 16.1 Å². The van der Waals surface area contributed by atoms with Gasteiger partial charge in [-0.25, -0.2) is 0 Å². The average molecular weight is 392 g/mol. The summed E-state index contributed by atoms with van der Waals surface area (Å²) in [4.78, 5) is 13.7. The molecule has 2 rings (SSSR count). The van der Waals surface area contributed by atoms with Crippen molar-refractivity contribution >= 4 is 37.5 Å². The van der Waals surface area contributed by atoms with E-state index < -0.39 is 10.9 Å². The smallest absolute Gasteiger partial charge is 0.271 e. The molecule has 0 radical (unpaired) electrons. The largest absolute Gasteiger partial charge is 0.437 e. The van der Waals surface area contributed by atoms with Gasteiger partial charge >= 0.3 is 0 Å². The molecule has 0 N–H and O–H groups in total. The third kappa shape index (κ3) is 3.27. The van der Waals surface area contributed by atoms with E-state index in [2.05, 4.69) is 36.8 Å². The first-order valence-electron chi connectivity index (χ1n) is 4.91. The molecule has 1 heterocycles. The van der Waals surface area contributed by atoms with Gasteiger partial charge in [0.15, 0.2) is 5.75 Å². The van der Waals surface area contributed by atoms with Crippen LogP contribution in [0.5, 0.6) is 11.6 Å². The Balaban J connectivity index is 2.38. The number of benzene rings is 1. The molecular weight excluding hydrogens is 387 g/mol. The number of non-ortho nitro benzene ring substituents is 1. The number of nitrogens with zero attached hydrogens (tertiary/aromatic N) is 2. The molecule has 0 amide bonds. The second-order valence-corrected chi connectivity index (χ2v) is 5.10. The third-order valence-corrected chi connectivity index (χ3v) is 3.27. The molecule has 1 aromatic heterocycles. The van der Waals surface area contributed by atoms with E-state index in [-0.39, 0.29) is 17.3 Å². The predicted molar refractivity (Wildman–Crippen MR) is 72.8 cm³/mol. The van der Waals surface area contributed by atoms with Gasteiger partial charge in [0.05, 0.1) is 13.9 Å². The van der Waals surface area contributed by atoms with Gasteiger partial charge in [-0.05, 0) is 37.9 Å². The predicted octanol–water partition coefficient (Wildman–Crippen LogP) is 4.45. The number of nitro benzene ring substituents is 1. The van der Waals surface area contributed by atoms with Gasteiger partial charge in [0.25, 0.3) is 5.69 Å². The van der Waals surface area contributed by atoms with Crippen LogP contribution >= 0.6 is 31.9 Å². The highest BCUT2D eigenvalue weighted by atomic mass is 79.9. The van der Waals surface area contributed by atoms with Gasteiger partial charge in [-0.1, -0.05) is 6.07 Å². The topological polar surface area (TPSA) is 65.3 Å². The first-order chi connectivity index (χ1) is 8.97. The molecule has 0 spiro atoms. The number of hydrogen-bond acceptors (Lipinski definition) is 4. The van der Waals surface area contributed by atoms with Gasteiger partial charge in [-0.3, -0.25) is 10.1 Å². The van der Waals surface area contributed by atoms with Gasteiger partial charge < -0.3 is 4.74 Å². The number of nitro groups is 1. The average Bonchev–Trinajstić information content (AvgIpc) is 2.33. The van der Waals surface area contributed by atoms with Crippen LogP contribution < -0.4 is 4.74 Å². The highest BCUT2D eigenvalue weighted by Gasteiger charge is 2.16. The molecule has 0 saturated carbocycles. The summed E-state index contributed by atoms with van der Waals surface area (Å²) in [5.41, 5.74) is -0.0988. The van der Waals surface area contributed by atoms with Gasteiger partial charge in [0, 0.05) is 18.2 Å². The fraction of sp³-hybridized carbons (Fsp3) is 0. The van der Waals surface area contributed by atoms with Gasteiger partial charge in [-0.2, -0.15) is 9.37 Å². The molecule has 0 atom stereocenters. The zero-order valence-electron chi connectivity index (χ0n) is 9.14. The van der Waals surface area contributed by atoms with Crippen LogP contribution in [0.2, 0.25) is 0 Å². The Kier molecular flexibility index (Phi) is 4.11. The van der Waals surface area contributed by atoms with Crippen molar-refractivity contribution in [2.45, 2.75) is 0 Å². The molecule has 19 heavy (non-hydrogen) atoms. The van der Waals surface area contributed by atoms with E-state index in [0.29, 0.717) is 8.95 Å². The van der Waals surface area contributed by atoms with Gasteiger partial charge in [0.2, 0.25) is 11.8 Å². The van der Waals surface area contributed by atoms with Crippen molar-refractivity contribution in [1.82, 2.24) is 4.98 Å². The van der Waals surface area contributed by atoms with Crippen LogP contribution in [0.3, 0.4) is 0 Å². The zero-order valence-corrected chi connectivity index (χ0v) is 12.3. The van der Waals surface area contributed by atoms with Crippen molar-refractivity contribution < 1.29 is 14.1 Å². The molecule has 1 aromatic carbocycles. The van der Waals surface area contributed by atoms with E-state index in [1.165, 1.54) is 30.3 Å². The standard InChI is InChI=1S/C11H5Br2FN2O3/c12-7-4-6(16(17)18)5-8(13)11(7)19-10-3-1-2-9(14)15-10/h1-5H. The number of rotatable bonds is 3. The number of pyridine rings is 1. The summed E-state index contributed by atoms with van der Waals surface area (Å²) in [5.74, 6) is -0.342. The van der Waals surface area contributed by atoms with Crippen molar-refractivity contribution in [1.29, 1.82) is 0 Å². The second kappa shape index (κ2) is 5.62. The lowest BCUT2D eigenvalue weighted by molar-refractivity contribution is -0.385. The Hall–Kier alpha value is -1.54. The fourth-order valence-corrected chi connectivity index (χ4v) is 2.62. The van der Waals surface area contributed by atoms with Crippen LogP contribution in [0.4, 0.5) is 10.1 Å². The maximum absolute atomic E-state index is 12.9. The van der Waals surface area contributed by atoms with Crippen LogP contribution in [-0.2, 0) is 0 Å². The Morgan fingerprint density at radius 2 is 1.89 bits per heavy atom. The molecule has 0 unspecified atom stereocenters. The van der Waals surface area contributed by atoms with E-state index >= 15 is 0 Å². The van der Waals surface area contributed by atoms with Gasteiger partial charge in [-0.15, -0.1) is 0 Å². The van der Waals surface area contributed by atoms with Gasteiger partial charge in [0.1, 0.15) is 0 Å². The summed E-state index contributed by atoms with van der Waals surface area (Å²) in [6.07, 6.45) is 0.